The third-order valence-electron chi connectivity index (χ3n) is 6.25. The van der Waals surface area contributed by atoms with E-state index in [9.17, 15) is 4.79 Å². The van der Waals surface area contributed by atoms with Gasteiger partial charge in [0.1, 0.15) is 5.82 Å². The Bertz CT molecular complexity index is 830. The van der Waals surface area contributed by atoms with Crippen LogP contribution in [0.1, 0.15) is 37.7 Å². The monoisotopic (exact) mass is 461 g/mol. The first-order chi connectivity index (χ1) is 13.6. The minimum Gasteiger partial charge on any atom is -0.357 e. The summed E-state index contributed by atoms with van der Waals surface area (Å²) in [6.07, 6.45) is 6.92. The van der Waals surface area contributed by atoms with Crippen LogP contribution in [0.2, 0.25) is 5.02 Å². The van der Waals surface area contributed by atoms with Crippen LogP contribution in [0, 0.1) is 5.92 Å². The molecule has 0 spiro atoms. The van der Waals surface area contributed by atoms with Crippen LogP contribution in [0.4, 0.5) is 5.82 Å². The minimum absolute atomic E-state index is 0.0863. The van der Waals surface area contributed by atoms with E-state index in [4.69, 9.17) is 11.6 Å². The van der Waals surface area contributed by atoms with Gasteiger partial charge in [-0.3, -0.25) is 4.79 Å². The number of nitrogens with one attached hydrogen (secondary N) is 1. The van der Waals surface area contributed by atoms with Crippen molar-refractivity contribution in [3.8, 4) is 0 Å². The zero-order chi connectivity index (χ0) is 19.6. The number of amides is 1. The van der Waals surface area contributed by atoms with E-state index >= 15 is 0 Å². The topological polar surface area (TPSA) is 45.2 Å². The second kappa shape index (κ2) is 8.42. The summed E-state index contributed by atoms with van der Waals surface area (Å²) in [6, 6.07) is 12.3. The van der Waals surface area contributed by atoms with Crippen molar-refractivity contribution in [3.63, 3.8) is 0 Å². The van der Waals surface area contributed by atoms with Crippen LogP contribution >= 0.6 is 27.5 Å². The molecular weight excluding hydrogens is 438 g/mol. The Morgan fingerprint density at radius 3 is 2.64 bits per heavy atom. The molecule has 1 N–H and O–H groups in total. The van der Waals surface area contributed by atoms with Crippen molar-refractivity contribution in [2.75, 3.05) is 24.5 Å². The lowest BCUT2D eigenvalue weighted by Crippen LogP contribution is -2.48. The van der Waals surface area contributed by atoms with Gasteiger partial charge in [0.15, 0.2) is 0 Å². The molecule has 0 unspecified atom stereocenters. The van der Waals surface area contributed by atoms with E-state index in [1.807, 2.05) is 12.1 Å². The Kier molecular flexibility index (Phi) is 5.93. The molecule has 4 rings (SSSR count). The molecule has 2 aromatic rings. The van der Waals surface area contributed by atoms with Crippen LogP contribution in [0.3, 0.4) is 0 Å². The van der Waals surface area contributed by atoms with E-state index < -0.39 is 0 Å². The first kappa shape index (κ1) is 19.7. The van der Waals surface area contributed by atoms with Crippen LogP contribution < -0.4 is 10.2 Å². The molecular formula is C22H25BrClN3O. The fraction of sp³-hybridized carbons (Fsp3) is 0.455. The van der Waals surface area contributed by atoms with Crippen molar-refractivity contribution in [2.24, 2.45) is 5.92 Å². The number of aromatic nitrogens is 1. The number of nitrogens with zero attached hydrogens (tertiary/aromatic N) is 2. The lowest BCUT2D eigenvalue weighted by molar-refractivity contribution is -0.126. The maximum atomic E-state index is 12.8. The van der Waals surface area contributed by atoms with E-state index in [-0.39, 0.29) is 17.2 Å². The number of hydrogen-bond acceptors (Lipinski definition) is 3. The van der Waals surface area contributed by atoms with Gasteiger partial charge in [0.05, 0.1) is 5.02 Å². The van der Waals surface area contributed by atoms with Crippen LogP contribution in [0.15, 0.2) is 47.1 Å². The lowest BCUT2D eigenvalue weighted by atomic mass is 9.64. The molecule has 0 radical (unpaired) electrons. The average Bonchev–Trinajstić information content (AvgIpc) is 2.68. The molecule has 6 heteroatoms. The predicted molar refractivity (Wildman–Crippen MR) is 117 cm³/mol. The van der Waals surface area contributed by atoms with E-state index in [2.05, 4.69) is 55.4 Å². The molecule has 1 amide bonds. The minimum atomic E-state index is 0.0863. The van der Waals surface area contributed by atoms with E-state index in [0.717, 1.165) is 55.6 Å². The summed E-state index contributed by atoms with van der Waals surface area (Å²) in [5, 5.41) is 3.92. The molecule has 4 nitrogen and oxygen atoms in total. The zero-order valence-electron chi connectivity index (χ0n) is 15.8. The molecule has 1 aliphatic carbocycles. The van der Waals surface area contributed by atoms with Crippen LogP contribution in [-0.4, -0.2) is 30.5 Å². The van der Waals surface area contributed by atoms with Crippen LogP contribution in [-0.2, 0) is 10.2 Å². The fourth-order valence-electron chi connectivity index (χ4n) is 4.32. The maximum Gasteiger partial charge on any atom is 0.223 e. The van der Waals surface area contributed by atoms with E-state index in [1.165, 1.54) is 12.0 Å². The maximum absolute atomic E-state index is 12.8. The number of pyridine rings is 1. The van der Waals surface area contributed by atoms with Gasteiger partial charge >= 0.3 is 0 Å². The number of hydrogen-bond donors (Lipinski definition) is 1. The van der Waals surface area contributed by atoms with Gasteiger partial charge in [0.25, 0.3) is 0 Å². The Balaban J connectivity index is 1.31. The Morgan fingerprint density at radius 1 is 1.25 bits per heavy atom. The molecule has 2 fully saturated rings. The van der Waals surface area contributed by atoms with Gasteiger partial charge in [0.2, 0.25) is 5.91 Å². The summed E-state index contributed by atoms with van der Waals surface area (Å²) in [7, 11) is 0. The summed E-state index contributed by atoms with van der Waals surface area (Å²) in [5.41, 5.74) is 1.44. The Morgan fingerprint density at radius 2 is 2.04 bits per heavy atom. The van der Waals surface area contributed by atoms with Crippen molar-refractivity contribution in [2.45, 2.75) is 37.5 Å². The molecule has 1 aliphatic heterocycles. The normalized spacial score (nSPS) is 19.1. The molecule has 28 heavy (non-hydrogen) atoms. The third-order valence-corrected chi connectivity index (χ3v) is 6.97. The number of anilines is 1. The summed E-state index contributed by atoms with van der Waals surface area (Å²) in [5.74, 6) is 1.22. The first-order valence-electron chi connectivity index (χ1n) is 9.96. The van der Waals surface area contributed by atoms with Crippen molar-refractivity contribution in [3.05, 3.63) is 57.7 Å². The molecule has 2 heterocycles. The van der Waals surface area contributed by atoms with Crippen molar-refractivity contribution >= 4 is 39.3 Å². The largest absolute Gasteiger partial charge is 0.357 e. The number of rotatable bonds is 5. The molecule has 1 aromatic heterocycles. The lowest BCUT2D eigenvalue weighted by Gasteiger charge is -2.43. The molecule has 0 bridgehead atoms. The highest BCUT2D eigenvalue weighted by Crippen LogP contribution is 2.43. The number of piperidine rings is 1. The third kappa shape index (κ3) is 4.20. The van der Waals surface area contributed by atoms with Crippen molar-refractivity contribution < 1.29 is 4.79 Å². The van der Waals surface area contributed by atoms with Gasteiger partial charge in [-0.25, -0.2) is 4.98 Å². The fourth-order valence-corrected chi connectivity index (χ4v) is 4.83. The number of carbonyl (C=O) groups excluding carboxylic acids is 1. The molecule has 1 aromatic carbocycles. The zero-order valence-corrected chi connectivity index (χ0v) is 18.2. The number of carbonyl (C=O) groups is 1. The molecule has 1 saturated carbocycles. The highest BCUT2D eigenvalue weighted by Gasteiger charge is 2.39. The second-order valence-corrected chi connectivity index (χ2v) is 9.31. The van der Waals surface area contributed by atoms with Gasteiger partial charge in [-0.2, -0.15) is 0 Å². The average molecular weight is 463 g/mol. The van der Waals surface area contributed by atoms with Gasteiger partial charge in [0, 0.05) is 41.6 Å². The molecule has 2 aliphatic rings. The van der Waals surface area contributed by atoms with Gasteiger partial charge in [-0.05, 0) is 55.5 Å². The van der Waals surface area contributed by atoms with E-state index in [0.29, 0.717) is 5.02 Å². The van der Waals surface area contributed by atoms with Crippen LogP contribution in [0.25, 0.3) is 0 Å². The number of benzene rings is 1. The molecule has 148 valence electrons. The van der Waals surface area contributed by atoms with Gasteiger partial charge < -0.3 is 10.2 Å². The van der Waals surface area contributed by atoms with E-state index in [1.54, 1.807) is 6.20 Å². The summed E-state index contributed by atoms with van der Waals surface area (Å²) in [4.78, 5) is 19.4. The smallest absolute Gasteiger partial charge is 0.223 e. The van der Waals surface area contributed by atoms with Crippen molar-refractivity contribution in [1.29, 1.82) is 0 Å². The van der Waals surface area contributed by atoms with Gasteiger partial charge in [-0.15, -0.1) is 0 Å². The molecule has 1 saturated heterocycles. The number of halogens is 2. The summed E-state index contributed by atoms with van der Waals surface area (Å²) in [6.45, 7) is 2.44. The molecule has 0 atom stereocenters. The second-order valence-electron chi connectivity index (χ2n) is 7.96. The van der Waals surface area contributed by atoms with Gasteiger partial charge in [-0.1, -0.05) is 46.1 Å². The predicted octanol–water partition coefficient (Wildman–Crippen LogP) is 4.95. The first-order valence-corrected chi connectivity index (χ1v) is 11.1. The van der Waals surface area contributed by atoms with Crippen LogP contribution in [0.5, 0.6) is 0 Å². The van der Waals surface area contributed by atoms with Crippen molar-refractivity contribution in [1.82, 2.24) is 10.3 Å². The highest BCUT2D eigenvalue weighted by atomic mass is 79.9. The Labute approximate surface area is 179 Å². The quantitative estimate of drug-likeness (QED) is 0.683. The standard InChI is InChI=1S/C22H25BrClN3O/c23-18-4-1-3-17(13-18)22(9-2-10-22)15-26-21(28)16-7-11-27(12-8-16)20-6-5-19(24)14-25-20/h1,3-6,13-14,16H,2,7-12,15H2,(H,26,28). The highest BCUT2D eigenvalue weighted by molar-refractivity contribution is 9.10. The SMILES string of the molecule is O=C(NCC1(c2cccc(Br)c2)CCC1)C1CCN(c2ccc(Cl)cn2)CC1. The summed E-state index contributed by atoms with van der Waals surface area (Å²) >= 11 is 9.49. The summed E-state index contributed by atoms with van der Waals surface area (Å²) < 4.78 is 1.10. The Hall–Kier alpha value is -1.59.